The van der Waals surface area contributed by atoms with Gasteiger partial charge in [0.05, 0.1) is 24.1 Å². The number of amides is 3. The van der Waals surface area contributed by atoms with Crippen molar-refractivity contribution in [2.75, 3.05) is 26.0 Å². The Hall–Kier alpha value is -2.89. The van der Waals surface area contributed by atoms with Crippen LogP contribution in [-0.2, 0) is 25.7 Å². The van der Waals surface area contributed by atoms with E-state index < -0.39 is 18.0 Å². The Kier molecular flexibility index (Phi) is 7.44. The molecule has 0 aliphatic carbocycles. The van der Waals surface area contributed by atoms with E-state index in [1.807, 2.05) is 19.1 Å². The van der Waals surface area contributed by atoms with Crippen LogP contribution in [0.15, 0.2) is 34.9 Å². The molecule has 0 spiro atoms. The van der Waals surface area contributed by atoms with Crippen molar-refractivity contribution in [2.24, 2.45) is 11.8 Å². The largest absolute Gasteiger partial charge is 0.477 e. The molecule has 0 bridgehead atoms. The second-order valence-electron chi connectivity index (χ2n) is 9.88. The van der Waals surface area contributed by atoms with Gasteiger partial charge in [0.25, 0.3) is 0 Å². The Labute approximate surface area is 214 Å². The fraction of sp³-hybridized carbons (Fsp3) is 0.520. The maximum atomic E-state index is 13.0. The van der Waals surface area contributed by atoms with Gasteiger partial charge in [-0.1, -0.05) is 19.1 Å². The molecular formula is C25H32N4O6S. The zero-order valence-corrected chi connectivity index (χ0v) is 21.6. The van der Waals surface area contributed by atoms with E-state index >= 15 is 0 Å². The number of aliphatic carboxylic acids is 1. The Morgan fingerprint density at radius 2 is 1.94 bits per heavy atom. The van der Waals surface area contributed by atoms with Crippen LogP contribution >= 0.6 is 11.8 Å². The highest BCUT2D eigenvalue weighted by Gasteiger charge is 2.60. The van der Waals surface area contributed by atoms with Crippen LogP contribution in [0.2, 0.25) is 0 Å². The number of anilines is 1. The van der Waals surface area contributed by atoms with E-state index in [2.05, 4.69) is 10.2 Å². The summed E-state index contributed by atoms with van der Waals surface area (Å²) in [6.45, 7) is 4.57. The van der Waals surface area contributed by atoms with Crippen LogP contribution in [0.1, 0.15) is 25.8 Å². The van der Waals surface area contributed by atoms with Crippen molar-refractivity contribution in [1.29, 1.82) is 0 Å². The SMILES string of the molecule is C[C@@H](O)[C@H]1C(=O)N2C(C(=O)O)=C(S[C@H]3C[C@@H](C(=O)N(C)C)N(Cc4ccc(NC=O)cc4)C3)[C@H](C)[C@H]12. The fourth-order valence-corrected chi connectivity index (χ4v) is 7.10. The molecule has 0 unspecified atom stereocenters. The van der Waals surface area contributed by atoms with Crippen molar-refractivity contribution < 1.29 is 29.4 Å². The monoisotopic (exact) mass is 516 g/mol. The minimum absolute atomic E-state index is 0.00611. The van der Waals surface area contributed by atoms with Crippen LogP contribution in [0.25, 0.3) is 0 Å². The van der Waals surface area contributed by atoms with E-state index in [9.17, 15) is 29.4 Å². The Morgan fingerprint density at radius 1 is 1.28 bits per heavy atom. The highest BCUT2D eigenvalue weighted by Crippen LogP contribution is 2.52. The minimum Gasteiger partial charge on any atom is -0.477 e. The lowest BCUT2D eigenvalue weighted by Gasteiger charge is -2.46. The summed E-state index contributed by atoms with van der Waals surface area (Å²) in [4.78, 5) is 54.1. The number of hydrogen-bond acceptors (Lipinski definition) is 7. The third kappa shape index (κ3) is 4.62. The molecule has 3 N–H and O–H groups in total. The number of thioether (sulfide) groups is 1. The summed E-state index contributed by atoms with van der Waals surface area (Å²) >= 11 is 1.44. The number of fused-ring (bicyclic) bond motifs is 1. The van der Waals surface area contributed by atoms with E-state index in [0.717, 1.165) is 5.56 Å². The lowest BCUT2D eigenvalue weighted by atomic mass is 9.79. The number of β-lactam (4-membered cyclic amide) rings is 1. The zero-order chi connectivity index (χ0) is 26.3. The second-order valence-corrected chi connectivity index (χ2v) is 11.2. The van der Waals surface area contributed by atoms with E-state index in [4.69, 9.17) is 0 Å². The van der Waals surface area contributed by atoms with Gasteiger partial charge < -0.3 is 25.3 Å². The molecule has 194 valence electrons. The lowest BCUT2D eigenvalue weighted by molar-refractivity contribution is -0.163. The normalized spacial score (nSPS) is 28.5. The van der Waals surface area contributed by atoms with Crippen LogP contribution in [0, 0.1) is 11.8 Å². The molecule has 36 heavy (non-hydrogen) atoms. The summed E-state index contributed by atoms with van der Waals surface area (Å²) in [5.74, 6) is -2.34. The number of hydrogen-bond donors (Lipinski definition) is 3. The van der Waals surface area contributed by atoms with Gasteiger partial charge in [0.2, 0.25) is 18.2 Å². The van der Waals surface area contributed by atoms with Crippen LogP contribution < -0.4 is 5.32 Å². The number of rotatable bonds is 9. The molecule has 11 heteroatoms. The minimum atomic E-state index is -1.15. The molecule has 3 aliphatic heterocycles. The molecule has 10 nitrogen and oxygen atoms in total. The molecule has 0 saturated carbocycles. The van der Waals surface area contributed by atoms with E-state index in [0.29, 0.717) is 36.5 Å². The second kappa shape index (κ2) is 10.2. The number of likely N-dealkylation sites (N-methyl/N-ethyl adjacent to an activating group) is 1. The van der Waals surface area contributed by atoms with Crippen LogP contribution in [0.5, 0.6) is 0 Å². The van der Waals surface area contributed by atoms with Crippen LogP contribution in [0.3, 0.4) is 0 Å². The number of carboxylic acids is 1. The summed E-state index contributed by atoms with van der Waals surface area (Å²) in [7, 11) is 3.44. The van der Waals surface area contributed by atoms with Gasteiger partial charge in [0, 0.05) is 48.9 Å². The molecule has 3 heterocycles. The molecule has 3 aliphatic rings. The third-order valence-electron chi connectivity index (χ3n) is 7.26. The first-order chi connectivity index (χ1) is 17.0. The topological polar surface area (TPSA) is 130 Å². The van der Waals surface area contributed by atoms with Crippen molar-refractivity contribution in [3.8, 4) is 0 Å². The van der Waals surface area contributed by atoms with Crippen LogP contribution in [-0.4, -0.2) is 93.2 Å². The maximum Gasteiger partial charge on any atom is 0.353 e. The number of aliphatic hydroxyl groups is 1. The van der Waals surface area contributed by atoms with Crippen LogP contribution in [0.4, 0.5) is 5.69 Å². The fourth-order valence-electron chi connectivity index (χ4n) is 5.54. The Morgan fingerprint density at radius 3 is 2.50 bits per heavy atom. The molecule has 1 aromatic rings. The lowest BCUT2D eigenvalue weighted by Crippen LogP contribution is -2.63. The first-order valence-electron chi connectivity index (χ1n) is 11.9. The Bertz CT molecular complexity index is 1090. The molecule has 0 radical (unpaired) electrons. The molecular weight excluding hydrogens is 484 g/mol. The Balaban J connectivity index is 1.55. The average molecular weight is 517 g/mol. The van der Waals surface area contributed by atoms with E-state index in [1.165, 1.54) is 16.7 Å². The number of benzene rings is 1. The summed E-state index contributed by atoms with van der Waals surface area (Å²) < 4.78 is 0. The van der Waals surface area contributed by atoms with Gasteiger partial charge in [-0.25, -0.2) is 4.79 Å². The first kappa shape index (κ1) is 26.2. The number of nitrogens with zero attached hydrogens (tertiary/aromatic N) is 3. The standard InChI is InChI=1S/C25H32N4O6S/c1-13-20-19(14(2)31)24(33)29(20)21(25(34)35)22(13)36-17-9-18(23(32)27(3)4)28(11-17)10-15-5-7-16(8-6-15)26-12-30/h5-8,12-14,17-20,31H,9-11H2,1-4H3,(H,26,30)(H,34,35)/t13-,14-,17+,18+,19-,20-/m1/s1. The summed E-state index contributed by atoms with van der Waals surface area (Å²) in [5, 5.41) is 22.6. The van der Waals surface area contributed by atoms with Crippen molar-refractivity contribution in [3.63, 3.8) is 0 Å². The van der Waals surface area contributed by atoms with Crippen molar-refractivity contribution >= 4 is 41.6 Å². The molecule has 6 atom stereocenters. The summed E-state index contributed by atoms with van der Waals surface area (Å²) in [6.07, 6.45) is 0.318. The summed E-state index contributed by atoms with van der Waals surface area (Å²) in [6, 6.07) is 6.69. The first-order valence-corrected chi connectivity index (χ1v) is 12.8. The number of likely N-dealkylation sites (tertiary alicyclic amines) is 1. The number of aliphatic hydroxyl groups excluding tert-OH is 1. The molecule has 1 aromatic carbocycles. The number of carboxylic acid groups (broad SMARTS) is 1. The molecule has 0 aromatic heterocycles. The van der Waals surface area contributed by atoms with Gasteiger partial charge in [0.15, 0.2) is 0 Å². The molecule has 3 amide bonds. The van der Waals surface area contributed by atoms with Crippen molar-refractivity contribution in [2.45, 2.75) is 50.3 Å². The van der Waals surface area contributed by atoms with Gasteiger partial charge in [-0.15, -0.1) is 11.8 Å². The van der Waals surface area contributed by atoms with Gasteiger partial charge >= 0.3 is 5.97 Å². The molecule has 2 fully saturated rings. The number of nitrogens with one attached hydrogen (secondary N) is 1. The van der Waals surface area contributed by atoms with Crippen molar-refractivity contribution in [1.82, 2.24) is 14.7 Å². The third-order valence-corrected chi connectivity index (χ3v) is 8.75. The van der Waals surface area contributed by atoms with Gasteiger partial charge in [0.1, 0.15) is 5.70 Å². The highest BCUT2D eigenvalue weighted by atomic mass is 32.2. The quantitative estimate of drug-likeness (QED) is 0.329. The predicted octanol–water partition coefficient (Wildman–Crippen LogP) is 1.17. The number of carbonyl (C=O) groups excluding carboxylic acids is 3. The number of carbonyl (C=O) groups is 4. The maximum absolute atomic E-state index is 13.0. The summed E-state index contributed by atoms with van der Waals surface area (Å²) in [5.41, 5.74) is 1.68. The molecule has 4 rings (SSSR count). The van der Waals surface area contributed by atoms with E-state index in [-0.39, 0.29) is 40.8 Å². The zero-order valence-electron chi connectivity index (χ0n) is 20.7. The van der Waals surface area contributed by atoms with E-state index in [1.54, 1.807) is 38.1 Å². The van der Waals surface area contributed by atoms with Crippen molar-refractivity contribution in [3.05, 3.63) is 40.4 Å². The predicted molar refractivity (Wildman–Crippen MR) is 135 cm³/mol. The van der Waals surface area contributed by atoms with Gasteiger partial charge in [-0.05, 0) is 31.0 Å². The van der Waals surface area contributed by atoms with Gasteiger partial charge in [-0.2, -0.15) is 0 Å². The smallest absolute Gasteiger partial charge is 0.353 e. The highest BCUT2D eigenvalue weighted by molar-refractivity contribution is 8.03. The van der Waals surface area contributed by atoms with Gasteiger partial charge in [-0.3, -0.25) is 19.3 Å². The molecule has 2 saturated heterocycles. The average Bonchev–Trinajstić information content (AvgIpc) is 3.31.